The van der Waals surface area contributed by atoms with Crippen LogP contribution in [0.25, 0.3) is 11.4 Å². The van der Waals surface area contributed by atoms with E-state index in [2.05, 4.69) is 15.5 Å². The number of hydrogen-bond acceptors (Lipinski definition) is 6. The Labute approximate surface area is 180 Å². The van der Waals surface area contributed by atoms with Crippen molar-refractivity contribution in [2.75, 3.05) is 30.4 Å². The number of hydrogen-bond donors (Lipinski definition) is 1. The van der Waals surface area contributed by atoms with Crippen LogP contribution >= 0.6 is 11.6 Å². The summed E-state index contributed by atoms with van der Waals surface area (Å²) in [5, 5.41) is 7.57. The van der Waals surface area contributed by atoms with E-state index in [0.29, 0.717) is 29.1 Å². The van der Waals surface area contributed by atoms with Crippen molar-refractivity contribution in [2.45, 2.75) is 19.8 Å². The molecule has 0 saturated carbocycles. The summed E-state index contributed by atoms with van der Waals surface area (Å²) in [5.74, 6) is 1.03. The Bertz CT molecular complexity index is 1040. The van der Waals surface area contributed by atoms with E-state index in [1.165, 1.54) is 0 Å². The summed E-state index contributed by atoms with van der Waals surface area (Å²) in [5.41, 5.74) is 2.51. The average molecular weight is 427 g/mol. The number of amides is 1. The number of benzene rings is 2. The minimum atomic E-state index is -0.188. The number of carbonyl (C=O) groups is 1. The van der Waals surface area contributed by atoms with Gasteiger partial charge in [-0.15, -0.1) is 0 Å². The van der Waals surface area contributed by atoms with Crippen LogP contribution in [0.2, 0.25) is 5.02 Å². The van der Waals surface area contributed by atoms with Gasteiger partial charge in [0.05, 0.1) is 23.7 Å². The number of piperidine rings is 1. The molecule has 3 aromatic rings. The number of anilines is 2. The van der Waals surface area contributed by atoms with Crippen LogP contribution in [-0.4, -0.2) is 36.2 Å². The molecule has 0 spiro atoms. The summed E-state index contributed by atoms with van der Waals surface area (Å²) in [6, 6.07) is 13.5. The first-order valence-corrected chi connectivity index (χ1v) is 10.2. The normalized spacial score (nSPS) is 16.4. The highest BCUT2D eigenvalue weighted by Gasteiger charge is 2.29. The topological polar surface area (TPSA) is 80.5 Å². The number of halogens is 1. The van der Waals surface area contributed by atoms with E-state index < -0.39 is 0 Å². The molecule has 2 heterocycles. The van der Waals surface area contributed by atoms with E-state index in [9.17, 15) is 4.79 Å². The molecular formula is C22H23ClN4O3. The van der Waals surface area contributed by atoms with Gasteiger partial charge in [-0.3, -0.25) is 4.79 Å². The number of nitrogens with one attached hydrogen (secondary N) is 1. The fourth-order valence-electron chi connectivity index (χ4n) is 3.52. The quantitative estimate of drug-likeness (QED) is 0.644. The SMILES string of the molecule is COc1ccc(-c2noc(N3CCC[C@H](C(=O)Nc4ccc(C)cc4Cl)C3)n2)cc1. The highest BCUT2D eigenvalue weighted by molar-refractivity contribution is 6.33. The predicted octanol–water partition coefficient (Wildman–Crippen LogP) is 4.56. The van der Waals surface area contributed by atoms with Crippen LogP contribution in [-0.2, 0) is 4.79 Å². The van der Waals surface area contributed by atoms with Crippen LogP contribution in [0.4, 0.5) is 11.7 Å². The van der Waals surface area contributed by atoms with Crippen molar-refractivity contribution < 1.29 is 14.1 Å². The molecular weight excluding hydrogens is 404 g/mol. The fourth-order valence-corrected chi connectivity index (χ4v) is 3.80. The van der Waals surface area contributed by atoms with Crippen LogP contribution in [0.5, 0.6) is 5.75 Å². The first-order valence-electron chi connectivity index (χ1n) is 9.83. The standard InChI is InChI=1S/C22H23ClN4O3/c1-14-5-10-19(18(23)12-14)24-21(28)16-4-3-11-27(13-16)22-25-20(26-30-22)15-6-8-17(29-2)9-7-15/h5-10,12,16H,3-4,11,13H2,1-2H3,(H,24,28)/t16-/m0/s1. The van der Waals surface area contributed by atoms with Gasteiger partial charge in [-0.1, -0.05) is 22.8 Å². The monoisotopic (exact) mass is 426 g/mol. The molecule has 1 N–H and O–H groups in total. The molecule has 0 unspecified atom stereocenters. The maximum Gasteiger partial charge on any atom is 0.324 e. The van der Waals surface area contributed by atoms with Gasteiger partial charge >= 0.3 is 6.01 Å². The summed E-state index contributed by atoms with van der Waals surface area (Å²) < 4.78 is 10.7. The highest BCUT2D eigenvalue weighted by Crippen LogP contribution is 2.28. The lowest BCUT2D eigenvalue weighted by Gasteiger charge is -2.30. The second kappa shape index (κ2) is 8.75. The lowest BCUT2D eigenvalue weighted by molar-refractivity contribution is -0.120. The molecule has 1 amide bonds. The lowest BCUT2D eigenvalue weighted by Crippen LogP contribution is -2.41. The van der Waals surface area contributed by atoms with Crippen molar-refractivity contribution in [3.8, 4) is 17.1 Å². The van der Waals surface area contributed by atoms with E-state index >= 15 is 0 Å². The van der Waals surface area contributed by atoms with E-state index in [4.69, 9.17) is 20.9 Å². The van der Waals surface area contributed by atoms with Gasteiger partial charge < -0.3 is 19.5 Å². The second-order valence-corrected chi connectivity index (χ2v) is 7.79. The Balaban J connectivity index is 1.43. The molecule has 1 aliphatic heterocycles. The Hall–Kier alpha value is -3.06. The van der Waals surface area contributed by atoms with E-state index in [1.54, 1.807) is 7.11 Å². The predicted molar refractivity (Wildman–Crippen MR) is 116 cm³/mol. The van der Waals surface area contributed by atoms with Crippen molar-refractivity contribution in [3.63, 3.8) is 0 Å². The van der Waals surface area contributed by atoms with Gasteiger partial charge in [0.25, 0.3) is 0 Å². The van der Waals surface area contributed by atoms with Gasteiger partial charge in [0.2, 0.25) is 11.7 Å². The number of rotatable bonds is 5. The summed E-state index contributed by atoms with van der Waals surface area (Å²) in [4.78, 5) is 19.3. The van der Waals surface area contributed by atoms with Crippen LogP contribution in [0, 0.1) is 12.8 Å². The molecule has 1 saturated heterocycles. The van der Waals surface area contributed by atoms with Gasteiger partial charge in [0.1, 0.15) is 5.75 Å². The van der Waals surface area contributed by atoms with E-state index in [1.807, 2.05) is 54.3 Å². The largest absolute Gasteiger partial charge is 0.497 e. The second-order valence-electron chi connectivity index (χ2n) is 7.39. The highest BCUT2D eigenvalue weighted by atomic mass is 35.5. The maximum absolute atomic E-state index is 12.8. The van der Waals surface area contributed by atoms with Crippen molar-refractivity contribution in [2.24, 2.45) is 5.92 Å². The molecule has 0 bridgehead atoms. The first-order chi connectivity index (χ1) is 14.5. The molecule has 1 fully saturated rings. The number of nitrogens with zero attached hydrogens (tertiary/aromatic N) is 3. The molecule has 2 aromatic carbocycles. The van der Waals surface area contributed by atoms with Gasteiger partial charge in [-0.25, -0.2) is 0 Å². The Morgan fingerprint density at radius 2 is 2.07 bits per heavy atom. The van der Waals surface area contributed by atoms with E-state index in [-0.39, 0.29) is 11.8 Å². The molecule has 1 aromatic heterocycles. The zero-order chi connectivity index (χ0) is 21.1. The number of carbonyl (C=O) groups excluding carboxylic acids is 1. The van der Waals surface area contributed by atoms with E-state index in [0.717, 1.165) is 36.3 Å². The van der Waals surface area contributed by atoms with Crippen molar-refractivity contribution in [1.82, 2.24) is 10.1 Å². The molecule has 1 atom stereocenters. The molecule has 0 aliphatic carbocycles. The molecule has 30 heavy (non-hydrogen) atoms. The third-order valence-corrected chi connectivity index (χ3v) is 5.52. The molecule has 7 nitrogen and oxygen atoms in total. The maximum atomic E-state index is 12.8. The van der Waals surface area contributed by atoms with Crippen molar-refractivity contribution in [3.05, 3.63) is 53.1 Å². The lowest BCUT2D eigenvalue weighted by atomic mass is 9.97. The zero-order valence-corrected chi connectivity index (χ0v) is 17.6. The summed E-state index contributed by atoms with van der Waals surface area (Å²) >= 11 is 6.25. The minimum Gasteiger partial charge on any atom is -0.497 e. The van der Waals surface area contributed by atoms with Crippen molar-refractivity contribution in [1.29, 1.82) is 0 Å². The molecule has 1 aliphatic rings. The molecule has 8 heteroatoms. The van der Waals surface area contributed by atoms with Crippen LogP contribution in [0.1, 0.15) is 18.4 Å². The van der Waals surface area contributed by atoms with Crippen LogP contribution in [0.3, 0.4) is 0 Å². The van der Waals surface area contributed by atoms with Gasteiger partial charge in [-0.2, -0.15) is 4.98 Å². The number of ether oxygens (including phenoxy) is 1. The van der Waals surface area contributed by atoms with Crippen molar-refractivity contribution >= 4 is 29.2 Å². The minimum absolute atomic E-state index is 0.0552. The Morgan fingerprint density at radius 1 is 1.27 bits per heavy atom. The average Bonchev–Trinajstić information content (AvgIpc) is 3.26. The smallest absolute Gasteiger partial charge is 0.324 e. The fraction of sp³-hybridized carbons (Fsp3) is 0.318. The summed E-state index contributed by atoms with van der Waals surface area (Å²) in [6.07, 6.45) is 1.66. The summed E-state index contributed by atoms with van der Waals surface area (Å²) in [6.45, 7) is 3.24. The third-order valence-electron chi connectivity index (χ3n) is 5.21. The van der Waals surface area contributed by atoms with Gasteiger partial charge in [0, 0.05) is 18.7 Å². The van der Waals surface area contributed by atoms with Gasteiger partial charge in [-0.05, 0) is 61.7 Å². The third kappa shape index (κ3) is 4.41. The molecule has 4 rings (SSSR count). The zero-order valence-electron chi connectivity index (χ0n) is 16.9. The van der Waals surface area contributed by atoms with Gasteiger partial charge in [0.15, 0.2) is 0 Å². The first kappa shape index (κ1) is 20.2. The Morgan fingerprint density at radius 3 is 2.80 bits per heavy atom. The molecule has 0 radical (unpaired) electrons. The van der Waals surface area contributed by atoms with Crippen LogP contribution in [0.15, 0.2) is 47.0 Å². The summed E-state index contributed by atoms with van der Waals surface area (Å²) in [7, 11) is 1.62. The Kier molecular flexibility index (Phi) is 5.90. The molecule has 156 valence electrons. The number of aryl methyl sites for hydroxylation is 1. The number of methoxy groups -OCH3 is 1. The van der Waals surface area contributed by atoms with Crippen LogP contribution < -0.4 is 15.0 Å². The number of aromatic nitrogens is 2.